The molecule has 7 atom stereocenters. The second-order valence-electron chi connectivity index (χ2n) is 14.5. The topological polar surface area (TPSA) is 299 Å². The molecular weight excluding hydrogens is 752 g/mol. The summed E-state index contributed by atoms with van der Waals surface area (Å²) in [6.07, 6.45) is 0.333. The molecule has 0 saturated heterocycles. The maximum Gasteiger partial charge on any atom is 0.326 e. The van der Waals surface area contributed by atoms with Crippen LogP contribution in [0.2, 0.25) is 0 Å². The predicted octanol–water partition coefficient (Wildman–Crippen LogP) is -0.0858. The fourth-order valence-electron chi connectivity index (χ4n) is 6.46. The van der Waals surface area contributed by atoms with Crippen LogP contribution in [0, 0.1) is 0 Å². The van der Waals surface area contributed by atoms with Crippen molar-refractivity contribution in [3.8, 4) is 0 Å². The minimum Gasteiger partial charge on any atom is -0.481 e. The van der Waals surface area contributed by atoms with Gasteiger partial charge in [0.1, 0.15) is 30.2 Å². The third-order valence-electron chi connectivity index (χ3n) is 9.54. The number of H-pyrrole nitrogens is 1. The molecule has 12 N–H and O–H groups in total. The third-order valence-corrected chi connectivity index (χ3v) is 9.54. The monoisotopic (exact) mass is 808 g/mol. The molecule has 3 aromatic rings. The molecule has 0 aliphatic carbocycles. The Bertz CT molecular complexity index is 1880. The van der Waals surface area contributed by atoms with E-state index >= 15 is 0 Å². The number of hydrogen-bond acceptors (Lipinski definition) is 10. The summed E-state index contributed by atoms with van der Waals surface area (Å²) >= 11 is 0. The first-order valence-electron chi connectivity index (χ1n) is 19.2. The van der Waals surface area contributed by atoms with Crippen molar-refractivity contribution in [3.05, 3.63) is 71.9 Å². The van der Waals surface area contributed by atoms with Gasteiger partial charge in [-0.3, -0.25) is 28.8 Å². The number of rotatable bonds is 23. The summed E-state index contributed by atoms with van der Waals surface area (Å²) in [5.74, 6) is -6.79. The lowest BCUT2D eigenvalue weighted by atomic mass is 10.0. The fraction of sp³-hybridized carbons (Fsp3) is 0.475. The molecule has 0 spiro atoms. The van der Waals surface area contributed by atoms with Gasteiger partial charge in [0, 0.05) is 36.0 Å². The number of aliphatic hydroxyl groups excluding tert-OH is 1. The lowest BCUT2D eigenvalue weighted by Gasteiger charge is -2.38. The van der Waals surface area contributed by atoms with Crippen LogP contribution in [0.5, 0.6) is 0 Å². The van der Waals surface area contributed by atoms with Gasteiger partial charge in [-0.25, -0.2) is 4.79 Å². The molecule has 1 heterocycles. The quantitative estimate of drug-likeness (QED) is 0.0563. The molecule has 0 unspecified atom stereocenters. The van der Waals surface area contributed by atoms with Crippen LogP contribution in [0.1, 0.15) is 64.5 Å². The number of aromatic nitrogens is 1. The summed E-state index contributed by atoms with van der Waals surface area (Å²) in [5.41, 5.74) is 13.5. The van der Waals surface area contributed by atoms with Gasteiger partial charge in [-0.1, -0.05) is 48.5 Å². The largest absolute Gasteiger partial charge is 0.481 e. The van der Waals surface area contributed by atoms with Crippen molar-refractivity contribution in [1.82, 2.24) is 31.2 Å². The van der Waals surface area contributed by atoms with Gasteiger partial charge in [-0.2, -0.15) is 0 Å². The number of para-hydroxylation sites is 1. The number of carbonyl (C=O) groups is 7. The summed E-state index contributed by atoms with van der Waals surface area (Å²) < 4.78 is 0. The van der Waals surface area contributed by atoms with Gasteiger partial charge in [-0.15, -0.1) is 0 Å². The van der Waals surface area contributed by atoms with Crippen LogP contribution in [0.3, 0.4) is 0 Å². The van der Waals surface area contributed by atoms with Crippen LogP contribution < -0.4 is 32.7 Å². The van der Waals surface area contributed by atoms with Crippen molar-refractivity contribution < 1.29 is 48.9 Å². The number of fused-ring (bicyclic) bond motifs is 1. The molecule has 18 heteroatoms. The number of hydrogen-bond donors (Lipinski definition) is 10. The van der Waals surface area contributed by atoms with Crippen LogP contribution in [0.15, 0.2) is 60.8 Å². The molecular formula is C40H56N8O10. The Hall–Kier alpha value is -5.85. The first kappa shape index (κ1) is 46.5. The molecule has 2 aromatic carbocycles. The molecule has 0 saturated carbocycles. The predicted molar refractivity (Wildman–Crippen MR) is 214 cm³/mol. The summed E-state index contributed by atoms with van der Waals surface area (Å²) in [4.78, 5) is 96.0. The second-order valence-corrected chi connectivity index (χ2v) is 14.5. The fourth-order valence-corrected chi connectivity index (χ4v) is 6.46. The molecule has 0 aliphatic heterocycles. The minimum atomic E-state index is -1.61. The number of nitrogens with two attached hydrogens (primary N) is 2. The number of aliphatic hydroxyl groups is 1. The molecule has 5 amide bonds. The first-order chi connectivity index (χ1) is 27.4. The smallest absolute Gasteiger partial charge is 0.326 e. The van der Waals surface area contributed by atoms with Crippen molar-refractivity contribution in [3.63, 3.8) is 0 Å². The number of carboxylic acids is 2. The molecule has 0 bridgehead atoms. The molecule has 0 radical (unpaired) electrons. The number of amides is 5. The normalized spacial score (nSPS) is 14.9. The van der Waals surface area contributed by atoms with Crippen LogP contribution in [0.25, 0.3) is 10.9 Å². The Morgan fingerprint density at radius 3 is 2.00 bits per heavy atom. The van der Waals surface area contributed by atoms with E-state index in [0.717, 1.165) is 10.9 Å². The lowest BCUT2D eigenvalue weighted by Crippen LogP contribution is -2.63. The summed E-state index contributed by atoms with van der Waals surface area (Å²) in [6.45, 7) is 6.13. The zero-order chi connectivity index (χ0) is 43.1. The average Bonchev–Trinajstić information content (AvgIpc) is 3.57. The van der Waals surface area contributed by atoms with Crippen molar-refractivity contribution in [2.45, 2.75) is 115 Å². The maximum absolute atomic E-state index is 14.0. The highest BCUT2D eigenvalue weighted by atomic mass is 16.4. The standard InChI is InChI=1S/C40H56N8O10/c1-22(2)48(39(56)34(24(4)49)47-36(53)28(42)20-33(50)51)32(16-10-11-17-41)38(55)44-23(3)35(52)45-30(18-25-12-6-5-7-13-25)37(54)46-31(40(57)58)19-26-21-43-29-15-9-8-14-27(26)29/h5-9,12-15,21-24,28,30-32,34,43,49H,10-11,16-20,41-42H2,1-4H3,(H,44,55)(H,45,52)(H,46,54)(H,47,53)(H,50,51)(H,57,58)/t23-,24+,28-,30-,31-,32-,34-/m0/s1. The van der Waals surface area contributed by atoms with E-state index in [1.165, 1.54) is 18.7 Å². The highest BCUT2D eigenvalue weighted by Gasteiger charge is 2.39. The van der Waals surface area contributed by atoms with Gasteiger partial charge in [-0.05, 0) is 70.7 Å². The van der Waals surface area contributed by atoms with Crippen LogP contribution in [0.4, 0.5) is 0 Å². The van der Waals surface area contributed by atoms with Gasteiger partial charge < -0.3 is 57.9 Å². The van der Waals surface area contributed by atoms with E-state index in [1.807, 2.05) is 24.3 Å². The number of benzene rings is 2. The van der Waals surface area contributed by atoms with E-state index in [0.29, 0.717) is 24.0 Å². The number of nitrogens with one attached hydrogen (secondary N) is 5. The Morgan fingerprint density at radius 2 is 1.40 bits per heavy atom. The van der Waals surface area contributed by atoms with Crippen molar-refractivity contribution >= 4 is 52.4 Å². The maximum atomic E-state index is 14.0. The highest BCUT2D eigenvalue weighted by molar-refractivity contribution is 5.97. The molecule has 0 fully saturated rings. The van der Waals surface area contributed by atoms with Gasteiger partial charge in [0.15, 0.2) is 0 Å². The molecule has 1 aromatic heterocycles. The molecule has 316 valence electrons. The highest BCUT2D eigenvalue weighted by Crippen LogP contribution is 2.20. The number of carbonyl (C=O) groups excluding carboxylic acids is 5. The van der Waals surface area contributed by atoms with Gasteiger partial charge in [0.2, 0.25) is 29.5 Å². The Balaban J connectivity index is 1.84. The number of aromatic amines is 1. The summed E-state index contributed by atoms with van der Waals surface area (Å²) in [7, 11) is 0. The summed E-state index contributed by atoms with van der Waals surface area (Å²) in [5, 5.41) is 40.6. The Morgan fingerprint density at radius 1 is 0.759 bits per heavy atom. The molecule has 18 nitrogen and oxygen atoms in total. The Labute approximate surface area is 336 Å². The third kappa shape index (κ3) is 13.4. The average molecular weight is 809 g/mol. The van der Waals surface area contributed by atoms with Crippen molar-refractivity contribution in [2.24, 2.45) is 11.5 Å². The molecule has 0 aliphatic rings. The zero-order valence-electron chi connectivity index (χ0n) is 33.1. The molecule has 3 rings (SSSR count). The van der Waals surface area contributed by atoms with Crippen molar-refractivity contribution in [1.29, 1.82) is 0 Å². The number of nitrogens with zero attached hydrogens (tertiary/aromatic N) is 1. The molecule has 58 heavy (non-hydrogen) atoms. The Kier molecular flexibility index (Phi) is 17.8. The second kappa shape index (κ2) is 22.2. The van der Waals surface area contributed by atoms with E-state index in [2.05, 4.69) is 26.3 Å². The van der Waals surface area contributed by atoms with Crippen LogP contribution in [-0.4, -0.2) is 122 Å². The SMILES string of the molecule is CC(C)N(C(=O)[C@@H](NC(=O)[C@@H](N)CC(=O)O)[C@@H](C)O)[C@@H](CCCCN)C(=O)N[C@@H](C)C(=O)N[C@@H](Cc1ccccc1)C(=O)N[C@@H](Cc1c[nH]c2ccccc12)C(=O)O. The number of unbranched alkanes of at least 4 members (excludes halogenated alkanes) is 1. The first-order valence-corrected chi connectivity index (χ1v) is 19.2. The van der Waals surface area contributed by atoms with E-state index in [4.69, 9.17) is 16.6 Å². The van der Waals surface area contributed by atoms with E-state index in [-0.39, 0.29) is 25.8 Å². The van der Waals surface area contributed by atoms with Crippen LogP contribution >= 0.6 is 0 Å². The zero-order valence-corrected chi connectivity index (χ0v) is 33.1. The van der Waals surface area contributed by atoms with Crippen molar-refractivity contribution in [2.75, 3.05) is 6.54 Å². The van der Waals surface area contributed by atoms with E-state index < -0.39 is 96.3 Å². The summed E-state index contributed by atoms with van der Waals surface area (Å²) in [6, 6.07) is 7.14. The van der Waals surface area contributed by atoms with E-state index in [1.54, 1.807) is 50.4 Å². The number of carboxylic acid groups (broad SMARTS) is 2. The van der Waals surface area contributed by atoms with Gasteiger partial charge in [0.25, 0.3) is 0 Å². The lowest BCUT2D eigenvalue weighted by molar-refractivity contribution is -0.148. The van der Waals surface area contributed by atoms with Gasteiger partial charge >= 0.3 is 11.9 Å². The van der Waals surface area contributed by atoms with E-state index in [9.17, 15) is 43.8 Å². The minimum absolute atomic E-state index is 0.0155. The van der Waals surface area contributed by atoms with Crippen LogP contribution in [-0.2, 0) is 46.4 Å². The van der Waals surface area contributed by atoms with Gasteiger partial charge in [0.05, 0.1) is 18.6 Å². The number of aliphatic carboxylic acids is 2.